The first-order valence-electron chi connectivity index (χ1n) is 8.75. The van der Waals surface area contributed by atoms with Crippen LogP contribution in [0.4, 0.5) is 0 Å². The highest BCUT2D eigenvalue weighted by molar-refractivity contribution is 7.98. The summed E-state index contributed by atoms with van der Waals surface area (Å²) in [6, 6.07) is 15.7. The van der Waals surface area contributed by atoms with E-state index < -0.39 is 0 Å². The molecule has 1 atom stereocenters. The van der Waals surface area contributed by atoms with Crippen LogP contribution in [0.15, 0.2) is 53.8 Å². The molecule has 0 aliphatic rings. The summed E-state index contributed by atoms with van der Waals surface area (Å²) >= 11 is 13.9. The summed E-state index contributed by atoms with van der Waals surface area (Å²) < 4.78 is 7.18. The van der Waals surface area contributed by atoms with E-state index in [0.717, 1.165) is 34.2 Å². The van der Waals surface area contributed by atoms with Crippen molar-refractivity contribution in [2.24, 2.45) is 0 Å². The van der Waals surface area contributed by atoms with Gasteiger partial charge in [0.1, 0.15) is 17.5 Å². The minimum absolute atomic E-state index is 0.0507. The van der Waals surface area contributed by atoms with E-state index in [2.05, 4.69) is 18.0 Å². The number of methoxy groups -OCH3 is 1. The molecule has 1 heterocycles. The van der Waals surface area contributed by atoms with Crippen molar-refractivity contribution in [3.05, 3.63) is 75.5 Å². The Morgan fingerprint density at radius 1 is 1.18 bits per heavy atom. The van der Waals surface area contributed by atoms with Crippen LogP contribution in [-0.2, 0) is 5.75 Å². The molecule has 7 heteroatoms. The van der Waals surface area contributed by atoms with Gasteiger partial charge in [0.05, 0.1) is 29.4 Å². The molecule has 0 fully saturated rings. The smallest absolute Gasteiger partial charge is 0.169 e. The van der Waals surface area contributed by atoms with Crippen molar-refractivity contribution in [2.45, 2.75) is 30.3 Å². The molecule has 144 valence electrons. The summed E-state index contributed by atoms with van der Waals surface area (Å²) in [7, 11) is 1.65. The molecule has 0 saturated heterocycles. The lowest BCUT2D eigenvalue weighted by atomic mass is 10.0. The van der Waals surface area contributed by atoms with E-state index in [-0.39, 0.29) is 6.04 Å². The van der Waals surface area contributed by atoms with Crippen LogP contribution in [0.5, 0.6) is 5.75 Å². The van der Waals surface area contributed by atoms with Gasteiger partial charge in [0.25, 0.3) is 0 Å². The van der Waals surface area contributed by atoms with Crippen molar-refractivity contribution in [1.82, 2.24) is 9.55 Å². The summed E-state index contributed by atoms with van der Waals surface area (Å²) in [6.45, 7) is 2.08. The largest absolute Gasteiger partial charge is 0.497 e. The third kappa shape index (κ3) is 4.47. The lowest BCUT2D eigenvalue weighted by molar-refractivity contribution is 0.414. The highest BCUT2D eigenvalue weighted by Crippen LogP contribution is 2.34. The van der Waals surface area contributed by atoms with Crippen molar-refractivity contribution in [2.75, 3.05) is 7.11 Å². The molecular weight excluding hydrogens is 413 g/mol. The molecular formula is C21H19Cl2N3OS. The lowest BCUT2D eigenvalue weighted by Crippen LogP contribution is -2.13. The number of aromatic nitrogens is 2. The summed E-state index contributed by atoms with van der Waals surface area (Å²) in [5.74, 6) is 1.57. The predicted molar refractivity (Wildman–Crippen MR) is 114 cm³/mol. The Morgan fingerprint density at radius 2 is 1.93 bits per heavy atom. The molecule has 1 unspecified atom stereocenters. The molecule has 1 aromatic heterocycles. The fourth-order valence-electron chi connectivity index (χ4n) is 2.99. The summed E-state index contributed by atoms with van der Waals surface area (Å²) in [5.41, 5.74) is 2.68. The molecule has 28 heavy (non-hydrogen) atoms. The number of rotatable bonds is 7. The lowest BCUT2D eigenvalue weighted by Gasteiger charge is -2.21. The van der Waals surface area contributed by atoms with Gasteiger partial charge in [-0.3, -0.25) is 0 Å². The van der Waals surface area contributed by atoms with E-state index >= 15 is 0 Å². The van der Waals surface area contributed by atoms with Gasteiger partial charge in [-0.2, -0.15) is 5.26 Å². The van der Waals surface area contributed by atoms with Crippen molar-refractivity contribution in [3.63, 3.8) is 0 Å². The van der Waals surface area contributed by atoms with E-state index in [0.29, 0.717) is 15.7 Å². The van der Waals surface area contributed by atoms with Crippen LogP contribution in [0.1, 0.15) is 36.2 Å². The number of ether oxygens (including phenoxy) is 1. The average Bonchev–Trinajstić information content (AvgIpc) is 3.13. The van der Waals surface area contributed by atoms with Crippen LogP contribution in [0.25, 0.3) is 0 Å². The number of hydrogen-bond donors (Lipinski definition) is 0. The van der Waals surface area contributed by atoms with Gasteiger partial charge in [-0.1, -0.05) is 60.1 Å². The number of thioether (sulfide) groups is 1. The number of hydrogen-bond acceptors (Lipinski definition) is 4. The fraction of sp³-hybridized carbons (Fsp3) is 0.238. The van der Waals surface area contributed by atoms with Crippen molar-refractivity contribution in [3.8, 4) is 11.8 Å². The monoisotopic (exact) mass is 431 g/mol. The van der Waals surface area contributed by atoms with Gasteiger partial charge >= 0.3 is 0 Å². The normalized spacial score (nSPS) is 11.8. The molecule has 3 aromatic rings. The quantitative estimate of drug-likeness (QED) is 0.408. The molecule has 0 aliphatic heterocycles. The third-order valence-corrected chi connectivity index (χ3v) is 6.21. The summed E-state index contributed by atoms with van der Waals surface area (Å²) in [5, 5.41) is 11.4. The highest BCUT2D eigenvalue weighted by atomic mass is 35.5. The maximum absolute atomic E-state index is 9.58. The van der Waals surface area contributed by atoms with Gasteiger partial charge < -0.3 is 9.30 Å². The van der Waals surface area contributed by atoms with Gasteiger partial charge in [-0.15, -0.1) is 0 Å². The Kier molecular flexibility index (Phi) is 6.90. The van der Waals surface area contributed by atoms with Gasteiger partial charge in [-0.05, 0) is 41.8 Å². The van der Waals surface area contributed by atoms with E-state index in [9.17, 15) is 5.26 Å². The van der Waals surface area contributed by atoms with Gasteiger partial charge in [-0.25, -0.2) is 4.98 Å². The Bertz CT molecular complexity index is 996. The minimum atomic E-state index is -0.0507. The molecule has 0 N–H and O–H groups in total. The van der Waals surface area contributed by atoms with E-state index in [1.165, 1.54) is 0 Å². The van der Waals surface area contributed by atoms with Gasteiger partial charge in [0, 0.05) is 5.75 Å². The van der Waals surface area contributed by atoms with Gasteiger partial charge in [0.2, 0.25) is 0 Å². The summed E-state index contributed by atoms with van der Waals surface area (Å²) in [6.07, 6.45) is 2.41. The van der Waals surface area contributed by atoms with E-state index in [1.807, 2.05) is 41.0 Å². The van der Waals surface area contributed by atoms with Crippen LogP contribution in [0.2, 0.25) is 10.0 Å². The van der Waals surface area contributed by atoms with Crippen molar-refractivity contribution >= 4 is 35.0 Å². The zero-order chi connectivity index (χ0) is 20.1. The molecule has 0 aliphatic carbocycles. The van der Waals surface area contributed by atoms with Crippen LogP contribution < -0.4 is 4.74 Å². The Morgan fingerprint density at radius 3 is 2.54 bits per heavy atom. The maximum Gasteiger partial charge on any atom is 0.169 e. The molecule has 3 rings (SSSR count). The Hall–Kier alpha value is -2.13. The molecule has 0 amide bonds. The topological polar surface area (TPSA) is 50.8 Å². The first-order chi connectivity index (χ1) is 13.6. The first-order valence-corrected chi connectivity index (χ1v) is 10.5. The second-order valence-corrected chi connectivity index (χ2v) is 7.90. The van der Waals surface area contributed by atoms with E-state index in [4.69, 9.17) is 27.9 Å². The minimum Gasteiger partial charge on any atom is -0.497 e. The number of nitrogens with zero attached hydrogens (tertiary/aromatic N) is 3. The van der Waals surface area contributed by atoms with E-state index in [1.54, 1.807) is 31.1 Å². The highest BCUT2D eigenvalue weighted by Gasteiger charge is 2.21. The molecule has 0 bridgehead atoms. The van der Waals surface area contributed by atoms with Crippen LogP contribution in [0, 0.1) is 11.3 Å². The van der Waals surface area contributed by atoms with Crippen LogP contribution in [-0.4, -0.2) is 16.7 Å². The maximum atomic E-state index is 9.58. The number of halogens is 2. The Labute approximate surface area is 179 Å². The third-order valence-electron chi connectivity index (χ3n) is 4.43. The Balaban J connectivity index is 1.90. The van der Waals surface area contributed by atoms with Crippen molar-refractivity contribution in [1.29, 1.82) is 5.26 Å². The van der Waals surface area contributed by atoms with Crippen LogP contribution >= 0.6 is 35.0 Å². The zero-order valence-electron chi connectivity index (χ0n) is 15.5. The van der Waals surface area contributed by atoms with Crippen LogP contribution in [0.3, 0.4) is 0 Å². The number of benzene rings is 2. The molecule has 4 nitrogen and oxygen atoms in total. The number of nitriles is 1. The zero-order valence-corrected chi connectivity index (χ0v) is 17.9. The predicted octanol–water partition coefficient (Wildman–Crippen LogP) is 6.36. The standard InChI is InChI=1S/C21H19Cl2N3OS/c1-3-20(15-6-9-18(22)19(23)10-15)26-16(11-24)12-25-21(26)28-13-14-4-7-17(27-2)8-5-14/h4-10,12,20H,3,13H2,1-2H3. The van der Waals surface area contributed by atoms with Gasteiger partial charge in [0.15, 0.2) is 5.16 Å². The van der Waals surface area contributed by atoms with Crippen molar-refractivity contribution < 1.29 is 4.74 Å². The average molecular weight is 432 g/mol. The molecule has 2 aromatic carbocycles. The summed E-state index contributed by atoms with van der Waals surface area (Å²) in [4.78, 5) is 4.49. The number of imidazole rings is 1. The first kappa shape index (κ1) is 20.6. The molecule has 0 radical (unpaired) electrons. The molecule has 0 spiro atoms. The second kappa shape index (κ2) is 9.38. The SMILES string of the molecule is CCC(c1ccc(Cl)c(Cl)c1)n1c(C#N)cnc1SCc1ccc(OC)cc1. The molecule has 0 saturated carbocycles. The second-order valence-electron chi connectivity index (χ2n) is 6.14. The fourth-order valence-corrected chi connectivity index (χ4v) is 4.28.